The third-order valence-electron chi connectivity index (χ3n) is 3.65. The van der Waals surface area contributed by atoms with Crippen molar-refractivity contribution < 1.29 is 0 Å². The lowest BCUT2D eigenvalue weighted by molar-refractivity contribution is 0.496. The predicted molar refractivity (Wildman–Crippen MR) is 93.8 cm³/mol. The first kappa shape index (κ1) is 14.8. The zero-order valence-electron chi connectivity index (χ0n) is 13.1. The Hall–Kier alpha value is -3.15. The van der Waals surface area contributed by atoms with Gasteiger partial charge in [-0.1, -0.05) is 12.1 Å². The van der Waals surface area contributed by atoms with Crippen LogP contribution in [0.3, 0.4) is 0 Å². The summed E-state index contributed by atoms with van der Waals surface area (Å²) in [6.07, 6.45) is 5.44. The first-order valence-electron chi connectivity index (χ1n) is 7.16. The molecule has 2 aromatic heterocycles. The number of rotatable bonds is 4. The van der Waals surface area contributed by atoms with E-state index < -0.39 is 0 Å². The number of allylic oxidation sites excluding steroid dienone is 1. The van der Waals surface area contributed by atoms with E-state index in [9.17, 15) is 0 Å². The maximum atomic E-state index is 5.76. The van der Waals surface area contributed by atoms with Gasteiger partial charge in [-0.15, -0.1) is 0 Å². The van der Waals surface area contributed by atoms with Gasteiger partial charge < -0.3 is 5.73 Å². The molecule has 1 aromatic carbocycles. The van der Waals surface area contributed by atoms with Gasteiger partial charge in [0.2, 0.25) is 0 Å². The van der Waals surface area contributed by atoms with Crippen molar-refractivity contribution in [3.63, 3.8) is 0 Å². The smallest absolute Gasteiger partial charge is 0.137 e. The second kappa shape index (κ2) is 5.92. The van der Waals surface area contributed by atoms with Crippen LogP contribution in [0.25, 0.3) is 22.3 Å². The Morgan fingerprint density at radius 2 is 2.09 bits per heavy atom. The molecule has 2 heterocycles. The number of nitrogens with two attached hydrogens (primary N) is 1. The third kappa shape index (κ3) is 2.91. The largest absolute Gasteiger partial charge is 0.399 e. The highest BCUT2D eigenvalue weighted by Crippen LogP contribution is 2.26. The molecule has 0 aliphatic carbocycles. The van der Waals surface area contributed by atoms with Crippen molar-refractivity contribution >= 4 is 23.5 Å². The van der Waals surface area contributed by atoms with E-state index in [4.69, 9.17) is 5.73 Å². The normalized spacial score (nSPS) is 11.7. The Balaban J connectivity index is 2.10. The van der Waals surface area contributed by atoms with Crippen LogP contribution >= 0.6 is 0 Å². The minimum absolute atomic E-state index is 0.730. The Labute approximate surface area is 134 Å². The first-order valence-corrected chi connectivity index (χ1v) is 7.16. The fourth-order valence-electron chi connectivity index (χ4n) is 2.40. The van der Waals surface area contributed by atoms with Gasteiger partial charge in [-0.25, -0.2) is 9.50 Å². The summed E-state index contributed by atoms with van der Waals surface area (Å²) < 4.78 is 1.83. The van der Waals surface area contributed by atoms with Crippen LogP contribution in [0.2, 0.25) is 0 Å². The molecule has 0 unspecified atom stereocenters. The van der Waals surface area contributed by atoms with E-state index in [1.54, 1.807) is 11.3 Å². The molecule has 3 aromatic rings. The predicted octanol–water partition coefficient (Wildman–Crippen LogP) is 2.89. The highest BCUT2D eigenvalue weighted by atomic mass is 15.4. The van der Waals surface area contributed by atoms with Crippen molar-refractivity contribution in [1.82, 2.24) is 19.6 Å². The average Bonchev–Trinajstić information content (AvgIpc) is 2.99. The number of aromatic nitrogens is 3. The van der Waals surface area contributed by atoms with E-state index in [-0.39, 0.29) is 0 Å². The Kier molecular flexibility index (Phi) is 3.80. The fourth-order valence-corrected chi connectivity index (χ4v) is 2.40. The number of hydrogen-bond donors (Lipinski definition) is 1. The van der Waals surface area contributed by atoms with Crippen LogP contribution in [0.15, 0.2) is 54.2 Å². The number of hydrazone groups is 1. The van der Waals surface area contributed by atoms with Crippen molar-refractivity contribution in [3.05, 3.63) is 54.6 Å². The van der Waals surface area contributed by atoms with Crippen molar-refractivity contribution in [2.45, 2.75) is 6.92 Å². The maximum Gasteiger partial charge on any atom is 0.137 e. The Bertz CT molecular complexity index is 876. The van der Waals surface area contributed by atoms with E-state index in [0.29, 0.717) is 0 Å². The summed E-state index contributed by atoms with van der Waals surface area (Å²) in [7, 11) is 1.84. The fraction of sp³-hybridized carbons (Fsp3) is 0.118. The van der Waals surface area contributed by atoms with Gasteiger partial charge in [0.25, 0.3) is 0 Å². The van der Waals surface area contributed by atoms with Crippen LogP contribution in [0.5, 0.6) is 0 Å². The zero-order valence-corrected chi connectivity index (χ0v) is 13.1. The molecule has 6 heteroatoms. The monoisotopic (exact) mass is 306 g/mol. The molecule has 116 valence electrons. The van der Waals surface area contributed by atoms with Gasteiger partial charge in [0.1, 0.15) is 6.33 Å². The van der Waals surface area contributed by atoms with Gasteiger partial charge in [-0.05, 0) is 36.3 Å². The summed E-state index contributed by atoms with van der Waals surface area (Å²) in [5, 5.41) is 9.80. The van der Waals surface area contributed by atoms with Gasteiger partial charge in [0, 0.05) is 37.4 Å². The molecule has 0 atom stereocenters. The van der Waals surface area contributed by atoms with E-state index in [1.807, 2.05) is 55.1 Å². The van der Waals surface area contributed by atoms with Crippen LogP contribution in [-0.4, -0.2) is 33.4 Å². The molecular weight excluding hydrogens is 288 g/mol. The number of fused-ring (bicyclic) bond motifs is 1. The minimum Gasteiger partial charge on any atom is -0.399 e. The second-order valence-corrected chi connectivity index (χ2v) is 5.32. The SMILES string of the molecule is C=NN(C)/C=C(\C)c1cc2c(-c3ccc(N)cc3)ncnn2c1. The number of anilines is 1. The topological polar surface area (TPSA) is 71.8 Å². The lowest BCUT2D eigenvalue weighted by atomic mass is 10.1. The second-order valence-electron chi connectivity index (χ2n) is 5.32. The van der Waals surface area contributed by atoms with Crippen LogP contribution in [0.4, 0.5) is 5.69 Å². The molecule has 23 heavy (non-hydrogen) atoms. The zero-order chi connectivity index (χ0) is 16.4. The molecular formula is C17H18N6. The molecule has 0 fully saturated rings. The standard InChI is InChI=1S/C17H18N6/c1-12(9-22(3)19-2)14-8-16-17(20-11-21-23(16)10-14)13-4-6-15(18)7-5-13/h4-11H,2,18H2,1,3H3/b12-9+. The lowest BCUT2D eigenvalue weighted by Crippen LogP contribution is -2.00. The van der Waals surface area contributed by atoms with Crippen LogP contribution < -0.4 is 5.73 Å². The molecule has 0 aliphatic heterocycles. The molecule has 0 saturated heterocycles. The van der Waals surface area contributed by atoms with E-state index in [0.717, 1.165) is 33.6 Å². The summed E-state index contributed by atoms with van der Waals surface area (Å²) in [6, 6.07) is 9.72. The van der Waals surface area contributed by atoms with E-state index >= 15 is 0 Å². The van der Waals surface area contributed by atoms with Gasteiger partial charge in [-0.3, -0.25) is 5.01 Å². The van der Waals surface area contributed by atoms with Crippen molar-refractivity contribution in [2.24, 2.45) is 5.10 Å². The van der Waals surface area contributed by atoms with Gasteiger partial charge >= 0.3 is 0 Å². The molecule has 0 bridgehead atoms. The average molecular weight is 306 g/mol. The van der Waals surface area contributed by atoms with Crippen LogP contribution in [-0.2, 0) is 0 Å². The molecule has 2 N–H and O–H groups in total. The maximum absolute atomic E-state index is 5.76. The quantitative estimate of drug-likeness (QED) is 0.457. The first-order chi connectivity index (χ1) is 11.1. The van der Waals surface area contributed by atoms with Crippen molar-refractivity contribution in [1.29, 1.82) is 0 Å². The molecule has 0 spiro atoms. The highest BCUT2D eigenvalue weighted by molar-refractivity contribution is 5.80. The number of nitrogen functional groups attached to an aromatic ring is 1. The molecule has 0 saturated carbocycles. The molecule has 3 rings (SSSR count). The summed E-state index contributed by atoms with van der Waals surface area (Å²) in [5.74, 6) is 0. The Morgan fingerprint density at radius 1 is 1.35 bits per heavy atom. The van der Waals surface area contributed by atoms with Crippen molar-refractivity contribution in [3.8, 4) is 11.3 Å². The van der Waals surface area contributed by atoms with E-state index in [1.165, 1.54) is 0 Å². The molecule has 0 radical (unpaired) electrons. The van der Waals surface area contributed by atoms with Crippen LogP contribution in [0, 0.1) is 0 Å². The molecule has 0 amide bonds. The van der Waals surface area contributed by atoms with Crippen molar-refractivity contribution in [2.75, 3.05) is 12.8 Å². The molecule has 0 aliphatic rings. The summed E-state index contributed by atoms with van der Waals surface area (Å²) in [4.78, 5) is 4.43. The molecule has 6 nitrogen and oxygen atoms in total. The number of nitrogens with zero attached hydrogens (tertiary/aromatic N) is 5. The van der Waals surface area contributed by atoms with Crippen LogP contribution in [0.1, 0.15) is 12.5 Å². The minimum atomic E-state index is 0.730. The highest BCUT2D eigenvalue weighted by Gasteiger charge is 2.10. The third-order valence-corrected chi connectivity index (χ3v) is 3.65. The van der Waals surface area contributed by atoms with E-state index in [2.05, 4.69) is 28.0 Å². The Morgan fingerprint density at radius 3 is 2.78 bits per heavy atom. The summed E-state index contributed by atoms with van der Waals surface area (Å²) in [5.41, 5.74) is 11.4. The van der Waals surface area contributed by atoms with Gasteiger partial charge in [0.15, 0.2) is 0 Å². The van der Waals surface area contributed by atoms with Gasteiger partial charge in [-0.2, -0.15) is 10.2 Å². The number of benzene rings is 1. The summed E-state index contributed by atoms with van der Waals surface area (Å²) in [6.45, 7) is 5.53. The summed E-state index contributed by atoms with van der Waals surface area (Å²) >= 11 is 0. The van der Waals surface area contributed by atoms with Gasteiger partial charge in [0.05, 0.1) is 11.2 Å². The number of hydrogen-bond acceptors (Lipinski definition) is 5. The lowest BCUT2D eigenvalue weighted by Gasteiger charge is -2.06.